The standard InChI is InChI=1S/C27H38O3.C25H34O3/c1-26(2,29)23-17-13-21(14-18-23)9-5-7-11-25(28)12-8-6-10-22-15-19-24(20-16-22)27(3,4)30;1-22(2,17-9-13-19(14-10-17)24(5,6)27)21(26)23(3,4)18-11-15-20(16-12-18)25(7,8)28/h13-20,29-30H,5-12H2,1-4H3;9-16,27-28H,1-8H3. The summed E-state index contributed by atoms with van der Waals surface area (Å²) in [5, 5.41) is 40.3. The molecule has 0 amide bonds. The third-order valence-electron chi connectivity index (χ3n) is 11.4. The fraction of sp³-hybridized carbons (Fsp3) is 0.500. The van der Waals surface area contributed by atoms with Crippen LogP contribution in [0, 0.1) is 0 Å². The first-order valence-corrected chi connectivity index (χ1v) is 21.0. The summed E-state index contributed by atoms with van der Waals surface area (Å²) in [6, 6.07) is 31.5. The molecule has 6 nitrogen and oxygen atoms in total. The van der Waals surface area contributed by atoms with Gasteiger partial charge in [-0.2, -0.15) is 0 Å². The molecule has 4 aromatic carbocycles. The number of hydrogen-bond donors (Lipinski definition) is 4. The van der Waals surface area contributed by atoms with Crippen molar-refractivity contribution >= 4 is 11.6 Å². The van der Waals surface area contributed by atoms with Gasteiger partial charge in [-0.3, -0.25) is 9.59 Å². The average molecular weight is 793 g/mol. The van der Waals surface area contributed by atoms with Crippen LogP contribution in [0.15, 0.2) is 97.1 Å². The van der Waals surface area contributed by atoms with Crippen molar-refractivity contribution in [1.29, 1.82) is 0 Å². The molecule has 0 aliphatic heterocycles. The number of Topliss-reactive ketones (excluding diaryl/α,β-unsaturated/α-hetero) is 2. The fourth-order valence-electron chi connectivity index (χ4n) is 7.22. The van der Waals surface area contributed by atoms with E-state index in [1.54, 1.807) is 55.4 Å². The number of benzene rings is 4. The minimum Gasteiger partial charge on any atom is -0.386 e. The van der Waals surface area contributed by atoms with Gasteiger partial charge in [0.1, 0.15) is 5.78 Å². The number of aryl methyl sites for hydroxylation is 2. The van der Waals surface area contributed by atoms with E-state index in [0.717, 1.165) is 71.9 Å². The topological polar surface area (TPSA) is 115 Å². The molecule has 0 saturated carbocycles. The second-order valence-corrected chi connectivity index (χ2v) is 19.3. The Morgan fingerprint density at radius 3 is 0.828 bits per heavy atom. The number of hydrogen-bond acceptors (Lipinski definition) is 6. The molecule has 316 valence electrons. The van der Waals surface area contributed by atoms with Crippen LogP contribution >= 0.6 is 0 Å². The van der Waals surface area contributed by atoms with E-state index in [9.17, 15) is 30.0 Å². The molecule has 0 fully saturated rings. The predicted molar refractivity (Wildman–Crippen MR) is 238 cm³/mol. The van der Waals surface area contributed by atoms with Crippen LogP contribution in [-0.2, 0) is 55.7 Å². The summed E-state index contributed by atoms with van der Waals surface area (Å²) in [6.45, 7) is 21.9. The fourth-order valence-corrected chi connectivity index (χ4v) is 7.22. The molecule has 0 heterocycles. The first kappa shape index (κ1) is 48.4. The summed E-state index contributed by atoms with van der Waals surface area (Å²) in [7, 11) is 0. The Labute approximate surface area is 349 Å². The molecule has 0 aromatic heterocycles. The zero-order chi connectivity index (χ0) is 43.7. The van der Waals surface area contributed by atoms with E-state index in [0.29, 0.717) is 18.6 Å². The van der Waals surface area contributed by atoms with Crippen molar-refractivity contribution in [1.82, 2.24) is 0 Å². The van der Waals surface area contributed by atoms with Crippen LogP contribution in [0.25, 0.3) is 0 Å². The average Bonchev–Trinajstić information content (AvgIpc) is 3.14. The minimum atomic E-state index is -0.909. The number of carbonyl (C=O) groups excluding carboxylic acids is 2. The van der Waals surface area contributed by atoms with Crippen LogP contribution in [0.2, 0.25) is 0 Å². The van der Waals surface area contributed by atoms with Crippen molar-refractivity contribution in [2.75, 3.05) is 0 Å². The second kappa shape index (κ2) is 19.4. The third-order valence-corrected chi connectivity index (χ3v) is 11.4. The van der Waals surface area contributed by atoms with E-state index in [-0.39, 0.29) is 5.78 Å². The van der Waals surface area contributed by atoms with Crippen molar-refractivity contribution in [2.45, 2.75) is 168 Å². The van der Waals surface area contributed by atoms with Gasteiger partial charge in [0.25, 0.3) is 0 Å². The summed E-state index contributed by atoms with van der Waals surface area (Å²) < 4.78 is 0. The normalized spacial score (nSPS) is 12.8. The Kier molecular flexibility index (Phi) is 16.2. The van der Waals surface area contributed by atoms with E-state index in [2.05, 4.69) is 24.3 Å². The Morgan fingerprint density at radius 2 is 0.586 bits per heavy atom. The molecule has 0 unspecified atom stereocenters. The lowest BCUT2D eigenvalue weighted by Gasteiger charge is -2.35. The van der Waals surface area contributed by atoms with Crippen LogP contribution in [0.4, 0.5) is 0 Å². The van der Waals surface area contributed by atoms with Gasteiger partial charge >= 0.3 is 0 Å². The van der Waals surface area contributed by atoms with E-state index in [1.165, 1.54) is 11.1 Å². The quantitative estimate of drug-likeness (QED) is 0.0746. The highest BCUT2D eigenvalue weighted by molar-refractivity contribution is 5.97. The number of aliphatic hydroxyl groups is 4. The molecule has 4 aromatic rings. The van der Waals surface area contributed by atoms with Crippen LogP contribution in [-0.4, -0.2) is 32.0 Å². The molecule has 4 rings (SSSR count). The third kappa shape index (κ3) is 14.1. The highest BCUT2D eigenvalue weighted by atomic mass is 16.3. The smallest absolute Gasteiger partial charge is 0.152 e. The van der Waals surface area contributed by atoms with Gasteiger partial charge in [0.2, 0.25) is 0 Å². The first-order valence-electron chi connectivity index (χ1n) is 21.0. The Bertz CT molecular complexity index is 1750. The summed E-state index contributed by atoms with van der Waals surface area (Å²) >= 11 is 0. The van der Waals surface area contributed by atoms with Crippen molar-refractivity contribution in [3.8, 4) is 0 Å². The number of unbranched alkanes of at least 4 members (excludes halogenated alkanes) is 2. The Balaban J connectivity index is 0.000000311. The van der Waals surface area contributed by atoms with Gasteiger partial charge < -0.3 is 20.4 Å². The maximum atomic E-state index is 13.6. The van der Waals surface area contributed by atoms with Gasteiger partial charge in [0.15, 0.2) is 5.78 Å². The highest BCUT2D eigenvalue weighted by Gasteiger charge is 2.41. The minimum absolute atomic E-state index is 0.118. The molecular weight excluding hydrogens is 721 g/mol. The largest absolute Gasteiger partial charge is 0.386 e. The maximum absolute atomic E-state index is 13.6. The molecule has 0 spiro atoms. The molecule has 4 N–H and O–H groups in total. The van der Waals surface area contributed by atoms with Gasteiger partial charge in [-0.15, -0.1) is 0 Å². The zero-order valence-electron chi connectivity index (χ0n) is 37.5. The second-order valence-electron chi connectivity index (χ2n) is 19.3. The van der Waals surface area contributed by atoms with Gasteiger partial charge in [0, 0.05) is 23.7 Å². The molecule has 6 heteroatoms. The van der Waals surface area contributed by atoms with Gasteiger partial charge in [-0.25, -0.2) is 0 Å². The van der Waals surface area contributed by atoms with Crippen molar-refractivity contribution in [3.05, 3.63) is 142 Å². The molecule has 0 aliphatic rings. The lowest BCUT2D eigenvalue weighted by Crippen LogP contribution is -2.42. The zero-order valence-corrected chi connectivity index (χ0v) is 37.5. The Morgan fingerprint density at radius 1 is 0.362 bits per heavy atom. The summed E-state index contributed by atoms with van der Waals surface area (Å²) in [4.78, 5) is 25.7. The van der Waals surface area contributed by atoms with E-state index in [4.69, 9.17) is 0 Å². The summed E-state index contributed by atoms with van der Waals surface area (Å²) in [6.07, 6.45) is 7.18. The molecule has 0 bridgehead atoms. The summed E-state index contributed by atoms with van der Waals surface area (Å²) in [5.74, 6) is 0.483. The van der Waals surface area contributed by atoms with Gasteiger partial charge in [0.05, 0.1) is 22.4 Å². The van der Waals surface area contributed by atoms with Crippen molar-refractivity contribution < 1.29 is 30.0 Å². The van der Waals surface area contributed by atoms with Crippen LogP contribution in [0.3, 0.4) is 0 Å². The first-order chi connectivity index (χ1) is 26.6. The van der Waals surface area contributed by atoms with E-state index < -0.39 is 33.2 Å². The lowest BCUT2D eigenvalue weighted by atomic mass is 9.67. The van der Waals surface area contributed by atoms with Crippen LogP contribution < -0.4 is 0 Å². The number of ketones is 2. The monoisotopic (exact) mass is 793 g/mol. The van der Waals surface area contributed by atoms with Crippen LogP contribution in [0.1, 0.15) is 166 Å². The molecule has 0 aliphatic carbocycles. The SMILES string of the molecule is CC(C)(O)c1ccc(C(C)(C)C(=O)C(C)(C)c2ccc(C(C)(C)O)cc2)cc1.CC(C)(O)c1ccc(CCCCC(=O)CCCCc2ccc(C(C)(C)O)cc2)cc1. The molecule has 0 radical (unpaired) electrons. The highest BCUT2D eigenvalue weighted by Crippen LogP contribution is 2.37. The van der Waals surface area contributed by atoms with Crippen molar-refractivity contribution in [2.24, 2.45) is 0 Å². The van der Waals surface area contributed by atoms with E-state index in [1.807, 2.05) is 100 Å². The summed E-state index contributed by atoms with van der Waals surface area (Å²) in [5.41, 5.74) is 3.06. The molecule has 0 atom stereocenters. The molecular formula is C52H72O6. The number of carbonyl (C=O) groups is 2. The molecule has 0 saturated heterocycles. The maximum Gasteiger partial charge on any atom is 0.152 e. The Hall–Kier alpha value is -3.94. The van der Waals surface area contributed by atoms with Gasteiger partial charge in [-0.05, 0) is 166 Å². The van der Waals surface area contributed by atoms with Gasteiger partial charge in [-0.1, -0.05) is 97.1 Å². The molecule has 58 heavy (non-hydrogen) atoms. The predicted octanol–water partition coefficient (Wildman–Crippen LogP) is 10.8. The lowest BCUT2D eigenvalue weighted by molar-refractivity contribution is -0.128. The van der Waals surface area contributed by atoms with Crippen molar-refractivity contribution in [3.63, 3.8) is 0 Å². The van der Waals surface area contributed by atoms with E-state index >= 15 is 0 Å². The van der Waals surface area contributed by atoms with Crippen LogP contribution in [0.5, 0.6) is 0 Å². The number of rotatable bonds is 18.